The highest BCUT2D eigenvalue weighted by Gasteiger charge is 2.19. The van der Waals surface area contributed by atoms with Gasteiger partial charge < -0.3 is 14.2 Å². The van der Waals surface area contributed by atoms with E-state index in [0.29, 0.717) is 19.3 Å². The Morgan fingerprint density at radius 1 is 0.259 bits per heavy atom. The molecule has 0 aliphatic heterocycles. The molecule has 0 heterocycles. The molecule has 0 rings (SSSR count). The molecule has 0 aromatic carbocycles. The molecule has 0 N–H and O–H groups in total. The van der Waals surface area contributed by atoms with Crippen molar-refractivity contribution in [3.05, 3.63) is 146 Å². The van der Waals surface area contributed by atoms with Gasteiger partial charge in [-0.1, -0.05) is 295 Å². The van der Waals surface area contributed by atoms with Gasteiger partial charge in [-0.3, -0.25) is 14.4 Å². The number of hydrogen-bond acceptors (Lipinski definition) is 6. The SMILES string of the molecule is CC/C=C\C/C=C\C/C=C\C/C=C\C/C=C\C/C=C\C/C=C\CCCCCCCCCC(=O)OCC(COC(=O)CCCCCCCCCCCCC)OC(=O)CCCCCCCCC/C=C\C/C=C\C/C=C\C/C=C\C/C=C\CC. The second-order valence-corrected chi connectivity index (χ2v) is 21.6. The molecule has 0 saturated carbocycles. The van der Waals surface area contributed by atoms with Crippen LogP contribution in [0.1, 0.15) is 290 Å². The molecule has 0 radical (unpaired) electrons. The monoisotopic (exact) mass is 1120 g/mol. The summed E-state index contributed by atoms with van der Waals surface area (Å²) in [7, 11) is 0. The Hall–Kier alpha value is -4.71. The fourth-order valence-corrected chi connectivity index (χ4v) is 8.92. The second-order valence-electron chi connectivity index (χ2n) is 21.6. The minimum atomic E-state index is -0.794. The van der Waals surface area contributed by atoms with Crippen molar-refractivity contribution in [3.8, 4) is 0 Å². The van der Waals surface area contributed by atoms with Crippen LogP contribution in [-0.2, 0) is 28.6 Å². The maximum Gasteiger partial charge on any atom is 0.306 e. The number of esters is 3. The molecule has 6 nitrogen and oxygen atoms in total. The minimum absolute atomic E-state index is 0.0885. The highest BCUT2D eigenvalue weighted by Crippen LogP contribution is 2.15. The van der Waals surface area contributed by atoms with Crippen LogP contribution in [0.2, 0.25) is 0 Å². The van der Waals surface area contributed by atoms with Crippen molar-refractivity contribution in [1.29, 1.82) is 0 Å². The number of carbonyl (C=O) groups excluding carboxylic acids is 3. The lowest BCUT2D eigenvalue weighted by Gasteiger charge is -2.18. The fraction of sp³-hybridized carbons (Fsp3) is 0.640. The molecule has 0 fully saturated rings. The number of unbranched alkanes of at least 4 members (excludes halogenated alkanes) is 24. The van der Waals surface area contributed by atoms with Crippen LogP contribution < -0.4 is 0 Å². The van der Waals surface area contributed by atoms with Crippen molar-refractivity contribution in [2.45, 2.75) is 297 Å². The van der Waals surface area contributed by atoms with Gasteiger partial charge >= 0.3 is 17.9 Å². The molecule has 0 aromatic heterocycles. The van der Waals surface area contributed by atoms with E-state index in [0.717, 1.165) is 148 Å². The van der Waals surface area contributed by atoms with Crippen LogP contribution in [0.25, 0.3) is 0 Å². The molecule has 0 amide bonds. The average Bonchev–Trinajstić information content (AvgIpc) is 3.47. The normalized spacial score (nSPS) is 13.1. The molecule has 0 saturated heterocycles. The second kappa shape index (κ2) is 67.8. The lowest BCUT2D eigenvalue weighted by atomic mass is 10.1. The Bertz CT molecular complexity index is 1760. The molecule has 6 heteroatoms. The largest absolute Gasteiger partial charge is 0.462 e. The van der Waals surface area contributed by atoms with Gasteiger partial charge in [-0.05, 0) is 122 Å². The van der Waals surface area contributed by atoms with Gasteiger partial charge in [0.15, 0.2) is 6.10 Å². The van der Waals surface area contributed by atoms with Crippen LogP contribution in [0, 0.1) is 0 Å². The van der Waals surface area contributed by atoms with Crippen LogP contribution >= 0.6 is 0 Å². The van der Waals surface area contributed by atoms with Gasteiger partial charge in [0, 0.05) is 19.3 Å². The highest BCUT2D eigenvalue weighted by atomic mass is 16.6. The molecule has 1 atom stereocenters. The predicted octanol–water partition coefficient (Wildman–Crippen LogP) is 23.1. The number of carbonyl (C=O) groups is 3. The summed E-state index contributed by atoms with van der Waals surface area (Å²) in [6.45, 7) is 6.40. The van der Waals surface area contributed by atoms with E-state index in [-0.39, 0.29) is 31.1 Å². The van der Waals surface area contributed by atoms with Gasteiger partial charge in [-0.2, -0.15) is 0 Å². The summed E-state index contributed by atoms with van der Waals surface area (Å²) in [6.07, 6.45) is 97.1. The van der Waals surface area contributed by atoms with Crippen LogP contribution in [0.15, 0.2) is 146 Å². The topological polar surface area (TPSA) is 78.9 Å². The van der Waals surface area contributed by atoms with E-state index in [1.165, 1.54) is 103 Å². The molecule has 0 aliphatic carbocycles. The molecular formula is C75H122O6. The van der Waals surface area contributed by atoms with E-state index in [2.05, 4.69) is 167 Å². The van der Waals surface area contributed by atoms with Crippen LogP contribution in [-0.4, -0.2) is 37.2 Å². The Morgan fingerprint density at radius 2 is 0.481 bits per heavy atom. The molecule has 0 aromatic rings. The van der Waals surface area contributed by atoms with Crippen LogP contribution in [0.3, 0.4) is 0 Å². The van der Waals surface area contributed by atoms with Gasteiger partial charge in [-0.25, -0.2) is 0 Å². The van der Waals surface area contributed by atoms with Crippen LogP contribution in [0.4, 0.5) is 0 Å². The van der Waals surface area contributed by atoms with E-state index in [1.807, 2.05) is 0 Å². The van der Waals surface area contributed by atoms with Gasteiger partial charge in [0.25, 0.3) is 0 Å². The summed E-state index contributed by atoms with van der Waals surface area (Å²) in [6, 6.07) is 0. The summed E-state index contributed by atoms with van der Waals surface area (Å²) in [4.78, 5) is 38.3. The molecule has 0 aliphatic rings. The Labute approximate surface area is 499 Å². The maximum absolute atomic E-state index is 12.9. The lowest BCUT2D eigenvalue weighted by molar-refractivity contribution is -0.167. The summed E-state index contributed by atoms with van der Waals surface area (Å²) in [5, 5.41) is 0. The average molecular weight is 1120 g/mol. The van der Waals surface area contributed by atoms with Gasteiger partial charge in [-0.15, -0.1) is 0 Å². The zero-order valence-corrected chi connectivity index (χ0v) is 52.5. The maximum atomic E-state index is 12.9. The minimum Gasteiger partial charge on any atom is -0.462 e. The standard InChI is InChI=1S/C75H122O6/c1-4-7-10-13-16-19-22-24-26-28-30-32-34-35-36-37-38-39-41-42-44-46-48-50-53-56-59-62-65-68-74(77)80-71-72(70-79-73(76)67-64-61-58-55-52-21-18-15-12-9-6-3)81-75(78)69-66-63-60-57-54-51-49-47-45-43-40-33-31-29-27-25-23-20-17-14-11-8-5-2/h7-8,10-11,16-17,19-20,24-27,30-33,35-36,38-39,42-45,72H,4-6,9,12-15,18,21-23,28-29,34,37,40-41,46-71H2,1-3H3/b10-7-,11-8-,19-16-,20-17-,26-24-,27-25-,32-30-,33-31-,36-35-,39-38-,44-42-,45-43-. The number of rotatable bonds is 59. The first-order valence-electron chi connectivity index (χ1n) is 33.3. The van der Waals surface area contributed by atoms with E-state index in [4.69, 9.17) is 14.2 Å². The lowest BCUT2D eigenvalue weighted by Crippen LogP contribution is -2.30. The van der Waals surface area contributed by atoms with Crippen molar-refractivity contribution in [2.24, 2.45) is 0 Å². The summed E-state index contributed by atoms with van der Waals surface area (Å²) in [5.41, 5.74) is 0. The first-order valence-corrected chi connectivity index (χ1v) is 33.3. The molecule has 0 bridgehead atoms. The van der Waals surface area contributed by atoms with Crippen molar-refractivity contribution >= 4 is 17.9 Å². The van der Waals surface area contributed by atoms with E-state index in [9.17, 15) is 14.4 Å². The fourth-order valence-electron chi connectivity index (χ4n) is 8.92. The van der Waals surface area contributed by atoms with E-state index < -0.39 is 6.10 Å². The third-order valence-electron chi connectivity index (χ3n) is 13.8. The molecule has 0 spiro atoms. The number of ether oxygens (including phenoxy) is 3. The van der Waals surface area contributed by atoms with Crippen molar-refractivity contribution in [1.82, 2.24) is 0 Å². The first kappa shape index (κ1) is 76.3. The molecule has 458 valence electrons. The Balaban J connectivity index is 4.34. The van der Waals surface area contributed by atoms with Crippen LogP contribution in [0.5, 0.6) is 0 Å². The number of allylic oxidation sites excluding steroid dienone is 24. The summed E-state index contributed by atoms with van der Waals surface area (Å²) >= 11 is 0. The summed E-state index contributed by atoms with van der Waals surface area (Å²) in [5.74, 6) is -0.909. The first-order chi connectivity index (χ1) is 40.0. The Morgan fingerprint density at radius 3 is 0.753 bits per heavy atom. The Kier molecular flexibility index (Phi) is 63.9. The summed E-state index contributed by atoms with van der Waals surface area (Å²) < 4.78 is 16.9. The molecular weight excluding hydrogens is 997 g/mol. The van der Waals surface area contributed by atoms with Crippen molar-refractivity contribution < 1.29 is 28.6 Å². The smallest absolute Gasteiger partial charge is 0.306 e. The van der Waals surface area contributed by atoms with E-state index in [1.54, 1.807) is 0 Å². The van der Waals surface area contributed by atoms with Gasteiger partial charge in [0.2, 0.25) is 0 Å². The quantitative estimate of drug-likeness (QED) is 0.0261. The van der Waals surface area contributed by atoms with Gasteiger partial charge in [0.05, 0.1) is 0 Å². The molecule has 1 unspecified atom stereocenters. The van der Waals surface area contributed by atoms with Gasteiger partial charge in [0.1, 0.15) is 13.2 Å². The highest BCUT2D eigenvalue weighted by molar-refractivity contribution is 5.71. The zero-order valence-electron chi connectivity index (χ0n) is 52.5. The zero-order chi connectivity index (χ0) is 58.5. The molecule has 81 heavy (non-hydrogen) atoms. The van der Waals surface area contributed by atoms with Crippen molar-refractivity contribution in [3.63, 3.8) is 0 Å². The predicted molar refractivity (Wildman–Crippen MR) is 352 cm³/mol. The third kappa shape index (κ3) is 66.0. The van der Waals surface area contributed by atoms with Crippen molar-refractivity contribution in [2.75, 3.05) is 13.2 Å². The third-order valence-corrected chi connectivity index (χ3v) is 13.8. The number of hydrogen-bond donors (Lipinski definition) is 0. The van der Waals surface area contributed by atoms with E-state index >= 15 is 0 Å².